The Morgan fingerprint density at radius 2 is 2.05 bits per heavy atom. The number of nitrogens with one attached hydrogen (secondary N) is 2. The summed E-state index contributed by atoms with van der Waals surface area (Å²) < 4.78 is 0.966. The number of hydrogen-bond donors (Lipinski definition) is 3. The average molecular weight is 378 g/mol. The highest BCUT2D eigenvalue weighted by molar-refractivity contribution is 9.10. The van der Waals surface area contributed by atoms with E-state index in [0.717, 1.165) is 29.4 Å². The SMILES string of the molecule is CC(NC(=O)C1(C)CCCN1)C(O)c1ccc(Br)cc1.Cl. The second-order valence-electron chi connectivity index (χ2n) is 5.62. The van der Waals surface area contributed by atoms with Crippen LogP contribution in [0.25, 0.3) is 0 Å². The molecule has 1 aromatic rings. The van der Waals surface area contributed by atoms with Gasteiger partial charge in [0.05, 0.1) is 17.7 Å². The van der Waals surface area contributed by atoms with Gasteiger partial charge >= 0.3 is 0 Å². The Hall–Kier alpha value is -0.620. The van der Waals surface area contributed by atoms with Crippen LogP contribution in [0.5, 0.6) is 0 Å². The number of carbonyl (C=O) groups excluding carboxylic acids is 1. The first kappa shape index (κ1) is 18.4. The summed E-state index contributed by atoms with van der Waals surface area (Å²) in [5.41, 5.74) is 0.291. The van der Waals surface area contributed by atoms with Gasteiger partial charge in [-0.2, -0.15) is 0 Å². The Bertz CT molecular complexity index is 475. The minimum absolute atomic E-state index is 0. The maximum Gasteiger partial charge on any atom is 0.240 e. The van der Waals surface area contributed by atoms with E-state index >= 15 is 0 Å². The van der Waals surface area contributed by atoms with Gasteiger partial charge in [0.2, 0.25) is 5.91 Å². The number of carbonyl (C=O) groups is 1. The third-order valence-corrected chi connectivity index (χ3v) is 4.44. The number of aliphatic hydroxyl groups excluding tert-OH is 1. The Morgan fingerprint density at radius 3 is 2.57 bits per heavy atom. The molecule has 0 aliphatic carbocycles. The molecule has 3 atom stereocenters. The molecule has 1 aliphatic heterocycles. The van der Waals surface area contributed by atoms with Crippen molar-refractivity contribution in [2.45, 2.75) is 44.4 Å². The van der Waals surface area contributed by atoms with Gasteiger partial charge < -0.3 is 15.7 Å². The Labute approximate surface area is 140 Å². The summed E-state index contributed by atoms with van der Waals surface area (Å²) in [6, 6.07) is 7.14. The van der Waals surface area contributed by atoms with Crippen molar-refractivity contribution in [2.75, 3.05) is 6.54 Å². The van der Waals surface area contributed by atoms with E-state index in [1.807, 2.05) is 38.1 Å². The summed E-state index contributed by atoms with van der Waals surface area (Å²) in [5.74, 6) is -0.0429. The second kappa shape index (κ2) is 7.58. The zero-order chi connectivity index (χ0) is 14.8. The molecule has 1 fully saturated rings. The molecule has 0 saturated carbocycles. The van der Waals surface area contributed by atoms with Gasteiger partial charge in [-0.05, 0) is 50.9 Å². The zero-order valence-electron chi connectivity index (χ0n) is 12.2. The minimum atomic E-state index is -0.711. The predicted molar refractivity (Wildman–Crippen MR) is 89.6 cm³/mol. The summed E-state index contributed by atoms with van der Waals surface area (Å²) in [6.07, 6.45) is 1.13. The fourth-order valence-electron chi connectivity index (χ4n) is 2.48. The Morgan fingerprint density at radius 1 is 1.43 bits per heavy atom. The van der Waals surface area contributed by atoms with E-state index in [4.69, 9.17) is 0 Å². The molecule has 0 aromatic heterocycles. The molecule has 118 valence electrons. The second-order valence-corrected chi connectivity index (χ2v) is 6.54. The van der Waals surface area contributed by atoms with Crippen LogP contribution >= 0.6 is 28.3 Å². The topological polar surface area (TPSA) is 61.4 Å². The van der Waals surface area contributed by atoms with Crippen molar-refractivity contribution in [2.24, 2.45) is 0 Å². The molecule has 1 saturated heterocycles. The molecular formula is C15H22BrClN2O2. The summed E-state index contributed by atoms with van der Waals surface area (Å²) in [4.78, 5) is 12.3. The molecule has 3 N–H and O–H groups in total. The van der Waals surface area contributed by atoms with Crippen molar-refractivity contribution < 1.29 is 9.90 Å². The highest BCUT2D eigenvalue weighted by atomic mass is 79.9. The van der Waals surface area contributed by atoms with Crippen LogP contribution in [0.1, 0.15) is 38.4 Å². The van der Waals surface area contributed by atoms with E-state index in [1.54, 1.807) is 0 Å². The van der Waals surface area contributed by atoms with Crippen molar-refractivity contribution in [1.29, 1.82) is 0 Å². The normalized spacial score (nSPS) is 24.0. The highest BCUT2D eigenvalue weighted by Gasteiger charge is 2.37. The third kappa shape index (κ3) is 4.42. The first-order chi connectivity index (χ1) is 9.42. The standard InChI is InChI=1S/C15H21BrN2O2.ClH/c1-10(13(19)11-4-6-12(16)7-5-11)18-14(20)15(2)8-3-9-17-15;/h4-7,10,13,17,19H,3,8-9H2,1-2H3,(H,18,20);1H. The lowest BCUT2D eigenvalue weighted by atomic mass is 9.97. The van der Waals surface area contributed by atoms with Crippen LogP contribution in [0.2, 0.25) is 0 Å². The van der Waals surface area contributed by atoms with Crippen LogP contribution in [0.15, 0.2) is 28.7 Å². The lowest BCUT2D eigenvalue weighted by Gasteiger charge is -2.28. The molecule has 1 amide bonds. The number of amides is 1. The molecule has 21 heavy (non-hydrogen) atoms. The fourth-order valence-corrected chi connectivity index (χ4v) is 2.75. The summed E-state index contributed by atoms with van der Waals surface area (Å²) in [5, 5.41) is 16.4. The number of aliphatic hydroxyl groups is 1. The first-order valence-corrected chi connectivity index (χ1v) is 7.71. The molecule has 3 unspecified atom stereocenters. The van der Waals surface area contributed by atoms with Crippen molar-refractivity contribution in [3.8, 4) is 0 Å². The van der Waals surface area contributed by atoms with Gasteiger partial charge in [0, 0.05) is 4.47 Å². The van der Waals surface area contributed by atoms with Gasteiger partial charge in [-0.3, -0.25) is 4.79 Å². The number of halogens is 2. The molecule has 1 aromatic carbocycles. The average Bonchev–Trinajstić information content (AvgIpc) is 2.87. The quantitative estimate of drug-likeness (QED) is 0.756. The smallest absolute Gasteiger partial charge is 0.240 e. The molecule has 0 bridgehead atoms. The number of hydrogen-bond acceptors (Lipinski definition) is 3. The fraction of sp³-hybridized carbons (Fsp3) is 0.533. The predicted octanol–water partition coefficient (Wildman–Crippen LogP) is 2.55. The van der Waals surface area contributed by atoms with Crippen LogP contribution in [-0.2, 0) is 4.79 Å². The molecule has 0 spiro atoms. The van der Waals surface area contributed by atoms with E-state index in [9.17, 15) is 9.90 Å². The van der Waals surface area contributed by atoms with Gasteiger partial charge in [-0.15, -0.1) is 12.4 Å². The van der Waals surface area contributed by atoms with Crippen LogP contribution in [-0.4, -0.2) is 29.1 Å². The number of benzene rings is 1. The van der Waals surface area contributed by atoms with Crippen molar-refractivity contribution in [3.63, 3.8) is 0 Å². The molecular weight excluding hydrogens is 356 g/mol. The van der Waals surface area contributed by atoms with Crippen molar-refractivity contribution >= 4 is 34.2 Å². The molecule has 0 radical (unpaired) electrons. The van der Waals surface area contributed by atoms with Crippen LogP contribution in [0, 0.1) is 0 Å². The Kier molecular flexibility index (Phi) is 6.66. The van der Waals surface area contributed by atoms with E-state index in [0.29, 0.717) is 0 Å². The third-order valence-electron chi connectivity index (χ3n) is 3.91. The van der Waals surface area contributed by atoms with E-state index in [-0.39, 0.29) is 24.4 Å². The van der Waals surface area contributed by atoms with Gasteiger partial charge in [-0.25, -0.2) is 0 Å². The zero-order valence-corrected chi connectivity index (χ0v) is 14.6. The van der Waals surface area contributed by atoms with Crippen LogP contribution < -0.4 is 10.6 Å². The van der Waals surface area contributed by atoms with Crippen molar-refractivity contribution in [1.82, 2.24) is 10.6 Å². The van der Waals surface area contributed by atoms with Gasteiger partial charge in [0.15, 0.2) is 0 Å². The molecule has 1 aliphatic rings. The summed E-state index contributed by atoms with van der Waals surface area (Å²) in [6.45, 7) is 4.60. The van der Waals surface area contributed by atoms with Crippen molar-refractivity contribution in [3.05, 3.63) is 34.3 Å². The lowest BCUT2D eigenvalue weighted by Crippen LogP contribution is -2.54. The van der Waals surface area contributed by atoms with Gasteiger partial charge in [0.1, 0.15) is 0 Å². The van der Waals surface area contributed by atoms with Crippen LogP contribution in [0.4, 0.5) is 0 Å². The lowest BCUT2D eigenvalue weighted by molar-refractivity contribution is -0.128. The van der Waals surface area contributed by atoms with Gasteiger partial charge in [0.25, 0.3) is 0 Å². The first-order valence-electron chi connectivity index (χ1n) is 6.92. The molecule has 4 nitrogen and oxygen atoms in total. The summed E-state index contributed by atoms with van der Waals surface area (Å²) >= 11 is 3.36. The summed E-state index contributed by atoms with van der Waals surface area (Å²) in [7, 11) is 0. The maximum atomic E-state index is 12.3. The van der Waals surface area contributed by atoms with E-state index in [1.165, 1.54) is 0 Å². The van der Waals surface area contributed by atoms with Crippen LogP contribution in [0.3, 0.4) is 0 Å². The number of rotatable bonds is 4. The molecule has 2 rings (SSSR count). The van der Waals surface area contributed by atoms with Gasteiger partial charge in [-0.1, -0.05) is 28.1 Å². The monoisotopic (exact) mass is 376 g/mol. The minimum Gasteiger partial charge on any atom is -0.386 e. The Balaban J connectivity index is 0.00000220. The highest BCUT2D eigenvalue weighted by Crippen LogP contribution is 2.22. The molecule has 1 heterocycles. The van der Waals surface area contributed by atoms with E-state index < -0.39 is 11.6 Å². The largest absolute Gasteiger partial charge is 0.386 e. The van der Waals surface area contributed by atoms with E-state index in [2.05, 4.69) is 26.6 Å². The maximum absolute atomic E-state index is 12.3. The molecule has 6 heteroatoms.